The van der Waals surface area contributed by atoms with Crippen LogP contribution in [0.3, 0.4) is 0 Å². The predicted molar refractivity (Wildman–Crippen MR) is 369 cm³/mol. The first kappa shape index (κ1) is 86.6. The molecule has 3 N–H and O–H groups in total. The number of ether oxygens (including phenoxy) is 4. The minimum Gasteiger partial charge on any atom is -0.466 e. The second kappa shape index (κ2) is 69.9. The molecule has 528 valence electrons. The Bertz CT molecular complexity index is 1510. The van der Waals surface area contributed by atoms with Gasteiger partial charge in [-0.1, -0.05) is 278 Å². The fourth-order valence-electron chi connectivity index (χ4n) is 11.7. The molecule has 1 unspecified atom stereocenters. The number of carbonyl (C=O) groups excluding carboxylic acids is 4. The van der Waals surface area contributed by atoms with Gasteiger partial charge in [-0.3, -0.25) is 38.8 Å². The zero-order valence-corrected chi connectivity index (χ0v) is 58.9. The zero-order chi connectivity index (χ0) is 65.0. The number of hydrogen-bond donors (Lipinski definition) is 3. The van der Waals surface area contributed by atoms with E-state index in [9.17, 15) is 34.5 Å². The van der Waals surface area contributed by atoms with Gasteiger partial charge in [-0.2, -0.15) is 0 Å². The summed E-state index contributed by atoms with van der Waals surface area (Å²) in [5, 5.41) is 30.9. The molecule has 15 nitrogen and oxygen atoms in total. The van der Waals surface area contributed by atoms with Crippen molar-refractivity contribution < 1.29 is 53.4 Å². The second-order valence-electron chi connectivity index (χ2n) is 26.0. The maximum atomic E-state index is 13.1. The highest BCUT2D eigenvalue weighted by atomic mass is 16.5. The summed E-state index contributed by atoms with van der Waals surface area (Å²) in [6.07, 6.45) is 53.1. The van der Waals surface area contributed by atoms with E-state index in [1.165, 1.54) is 218 Å². The number of hydrogen-bond acceptors (Lipinski definition) is 15. The van der Waals surface area contributed by atoms with Gasteiger partial charge in [0, 0.05) is 72.0 Å². The molecule has 0 saturated heterocycles. The van der Waals surface area contributed by atoms with Crippen LogP contribution in [0, 0.1) is 0 Å². The van der Waals surface area contributed by atoms with E-state index < -0.39 is 6.10 Å². The molecule has 0 aliphatic rings. The molecule has 15 heteroatoms. The molecule has 0 aromatic rings. The Morgan fingerprint density at radius 3 is 0.831 bits per heavy atom. The van der Waals surface area contributed by atoms with E-state index in [1.807, 2.05) is 14.7 Å². The zero-order valence-electron chi connectivity index (χ0n) is 58.9. The fourth-order valence-corrected chi connectivity index (χ4v) is 11.7. The van der Waals surface area contributed by atoms with Crippen molar-refractivity contribution in [2.45, 2.75) is 336 Å². The van der Waals surface area contributed by atoms with Crippen LogP contribution in [0.2, 0.25) is 0 Å². The summed E-state index contributed by atoms with van der Waals surface area (Å²) in [7, 11) is 0. The molecule has 0 fully saturated rings. The largest absolute Gasteiger partial charge is 0.466 e. The minimum atomic E-state index is -0.543. The van der Waals surface area contributed by atoms with Gasteiger partial charge < -0.3 is 34.3 Å². The van der Waals surface area contributed by atoms with Crippen molar-refractivity contribution in [3.05, 3.63) is 0 Å². The molecule has 0 aliphatic carbocycles. The van der Waals surface area contributed by atoms with Gasteiger partial charge in [0.2, 0.25) is 0 Å². The first-order valence-electron chi connectivity index (χ1n) is 38.0. The molecule has 0 heterocycles. The first-order chi connectivity index (χ1) is 43.6. The summed E-state index contributed by atoms with van der Waals surface area (Å²) in [6, 6.07) is 0. The Kier molecular flexibility index (Phi) is 68.0. The topological polar surface area (TPSA) is 179 Å². The van der Waals surface area contributed by atoms with Gasteiger partial charge >= 0.3 is 23.9 Å². The lowest BCUT2D eigenvalue weighted by molar-refractivity contribution is -0.146. The van der Waals surface area contributed by atoms with Crippen molar-refractivity contribution in [1.29, 1.82) is 0 Å². The van der Waals surface area contributed by atoms with E-state index in [0.717, 1.165) is 57.9 Å². The molecular weight excluding hydrogens is 1120 g/mol. The average molecular weight is 1270 g/mol. The average Bonchev–Trinajstić information content (AvgIpc) is 3.56. The lowest BCUT2D eigenvalue weighted by Crippen LogP contribution is -2.40. The maximum Gasteiger partial charge on any atom is 0.307 e. The molecular formula is C74H146N4O11. The summed E-state index contributed by atoms with van der Waals surface area (Å²) in [6.45, 7) is 15.8. The van der Waals surface area contributed by atoms with Crippen LogP contribution in [0.15, 0.2) is 0 Å². The third-order valence-electron chi connectivity index (χ3n) is 17.6. The SMILES string of the molecule is CCCCCCCCCCCCCCN(CCOC(=O)CCN(CCO)CCN(CCO)CCC(=O)OCCN(CCC(=O)OCCCCCCCCCCCC)CC(O)CCCCCCCCCCCC)CCC(=O)OCCCCCCCCCCCC. The van der Waals surface area contributed by atoms with Crippen molar-refractivity contribution >= 4 is 23.9 Å². The van der Waals surface area contributed by atoms with Crippen LogP contribution in [-0.4, -0.2) is 183 Å². The van der Waals surface area contributed by atoms with E-state index in [4.69, 9.17) is 18.9 Å². The molecule has 0 saturated carbocycles. The smallest absolute Gasteiger partial charge is 0.307 e. The van der Waals surface area contributed by atoms with Crippen LogP contribution in [0.25, 0.3) is 0 Å². The predicted octanol–water partition coefficient (Wildman–Crippen LogP) is 16.1. The molecule has 0 aromatic carbocycles. The Hall–Kier alpha value is -2.40. The number of aliphatic hydroxyl groups is 3. The van der Waals surface area contributed by atoms with Crippen LogP contribution < -0.4 is 0 Å². The number of aliphatic hydroxyl groups excluding tert-OH is 3. The molecule has 0 rings (SSSR count). The summed E-state index contributed by atoms with van der Waals surface area (Å²) < 4.78 is 22.7. The molecule has 89 heavy (non-hydrogen) atoms. The van der Waals surface area contributed by atoms with E-state index >= 15 is 0 Å². The number of rotatable bonds is 73. The Morgan fingerprint density at radius 1 is 0.270 bits per heavy atom. The Morgan fingerprint density at radius 2 is 0.517 bits per heavy atom. The highest BCUT2D eigenvalue weighted by Crippen LogP contribution is 2.17. The van der Waals surface area contributed by atoms with Crippen molar-refractivity contribution in [2.75, 3.05) is 118 Å². The van der Waals surface area contributed by atoms with Crippen molar-refractivity contribution in [3.8, 4) is 0 Å². The minimum absolute atomic E-state index is 0.0783. The number of carbonyl (C=O) groups is 4. The third-order valence-corrected chi connectivity index (χ3v) is 17.6. The number of nitrogens with zero attached hydrogens (tertiary/aromatic N) is 4. The highest BCUT2D eigenvalue weighted by Gasteiger charge is 2.18. The third kappa shape index (κ3) is 64.1. The Balaban J connectivity index is 5.10. The van der Waals surface area contributed by atoms with Gasteiger partial charge in [0.15, 0.2) is 0 Å². The van der Waals surface area contributed by atoms with Gasteiger partial charge in [0.05, 0.1) is 58.2 Å². The maximum absolute atomic E-state index is 13.1. The standard InChI is InChI=1S/C74H146N4O11/c1-5-9-13-17-21-25-29-30-32-36-40-44-52-75(53-48-71(82)86-65-45-41-37-33-27-23-19-15-11-7-3)61-67-88-73(84)49-54-76(59-63-79)57-58-77(60-64-80)55-50-74(85)89-68-62-78(69-70(81)47-43-39-35-31-26-22-18-14-10-6-2)56-51-72(83)87-66-46-42-38-34-28-24-20-16-12-8-4/h70,79-81H,5-69H2,1-4H3. The van der Waals surface area contributed by atoms with E-state index in [0.29, 0.717) is 98.0 Å². The molecule has 0 bridgehead atoms. The summed E-state index contributed by atoms with van der Waals surface area (Å²) in [5.74, 6) is -1.09. The molecule has 0 aliphatic heterocycles. The van der Waals surface area contributed by atoms with Crippen LogP contribution >= 0.6 is 0 Å². The van der Waals surface area contributed by atoms with Crippen LogP contribution in [0.1, 0.15) is 329 Å². The second-order valence-corrected chi connectivity index (χ2v) is 26.0. The van der Waals surface area contributed by atoms with Gasteiger partial charge in [0.1, 0.15) is 13.2 Å². The van der Waals surface area contributed by atoms with E-state index in [1.54, 1.807) is 0 Å². The van der Waals surface area contributed by atoms with Gasteiger partial charge in [0.25, 0.3) is 0 Å². The first-order valence-corrected chi connectivity index (χ1v) is 38.0. The fraction of sp³-hybridized carbons (Fsp3) is 0.946. The van der Waals surface area contributed by atoms with Gasteiger partial charge in [-0.25, -0.2) is 0 Å². The Labute approximate surface area is 548 Å². The monoisotopic (exact) mass is 1270 g/mol. The van der Waals surface area contributed by atoms with Crippen molar-refractivity contribution in [2.24, 2.45) is 0 Å². The summed E-state index contributed by atoms with van der Waals surface area (Å²) >= 11 is 0. The van der Waals surface area contributed by atoms with Crippen LogP contribution in [0.5, 0.6) is 0 Å². The quantitative estimate of drug-likeness (QED) is 0.0297. The van der Waals surface area contributed by atoms with E-state index in [2.05, 4.69) is 32.6 Å². The summed E-state index contributed by atoms with van der Waals surface area (Å²) in [5.41, 5.74) is 0. The van der Waals surface area contributed by atoms with E-state index in [-0.39, 0.29) is 69.6 Å². The number of esters is 4. The number of unbranched alkanes of at least 4 members (excludes halogenated alkanes) is 38. The van der Waals surface area contributed by atoms with Crippen LogP contribution in [-0.2, 0) is 38.1 Å². The summed E-state index contributed by atoms with van der Waals surface area (Å²) in [4.78, 5) is 60.1. The normalized spacial score (nSPS) is 12.1. The van der Waals surface area contributed by atoms with Crippen LogP contribution in [0.4, 0.5) is 0 Å². The highest BCUT2D eigenvalue weighted by molar-refractivity contribution is 5.70. The molecule has 0 spiro atoms. The molecule has 0 aromatic heterocycles. The van der Waals surface area contributed by atoms with Crippen molar-refractivity contribution in [3.63, 3.8) is 0 Å². The van der Waals surface area contributed by atoms with Gasteiger partial charge in [-0.15, -0.1) is 0 Å². The molecule has 0 radical (unpaired) electrons. The van der Waals surface area contributed by atoms with Gasteiger partial charge in [-0.05, 0) is 32.2 Å². The van der Waals surface area contributed by atoms with Crippen molar-refractivity contribution in [1.82, 2.24) is 19.6 Å². The molecule has 0 amide bonds. The lowest BCUT2D eigenvalue weighted by Gasteiger charge is -2.27. The lowest BCUT2D eigenvalue weighted by atomic mass is 10.0. The molecule has 1 atom stereocenters.